The van der Waals surface area contributed by atoms with Gasteiger partial charge in [0.05, 0.1) is 11.1 Å². The van der Waals surface area contributed by atoms with Crippen LogP contribution in [0.4, 0.5) is 14.6 Å². The van der Waals surface area contributed by atoms with Crippen LogP contribution in [0.2, 0.25) is 0 Å². The summed E-state index contributed by atoms with van der Waals surface area (Å²) in [6.07, 6.45) is 6.30. The second-order valence-electron chi connectivity index (χ2n) is 11.3. The SMILES string of the molecule is NC(=O)[C@@H]1CCCN1C(=O)c1ccc(-c2cc(F)cc3c(N4CCC(c5noc(C6CC6)n5)CC4)ncnc23)cc1F. The van der Waals surface area contributed by atoms with Gasteiger partial charge in [-0.05, 0) is 68.4 Å². The third-order valence-electron chi connectivity index (χ3n) is 8.58. The summed E-state index contributed by atoms with van der Waals surface area (Å²) < 4.78 is 35.8. The number of hydrogen-bond acceptors (Lipinski definition) is 8. The van der Waals surface area contributed by atoms with Crippen LogP contribution in [0.5, 0.6) is 0 Å². The Morgan fingerprint density at radius 2 is 1.76 bits per heavy atom. The van der Waals surface area contributed by atoms with Gasteiger partial charge in [0, 0.05) is 42.4 Å². The van der Waals surface area contributed by atoms with Crippen molar-refractivity contribution in [1.82, 2.24) is 25.0 Å². The van der Waals surface area contributed by atoms with Crippen molar-refractivity contribution in [1.29, 1.82) is 0 Å². The van der Waals surface area contributed by atoms with Gasteiger partial charge < -0.3 is 20.1 Å². The summed E-state index contributed by atoms with van der Waals surface area (Å²) in [5, 5.41) is 4.73. The number of piperidine rings is 1. The lowest BCUT2D eigenvalue weighted by Crippen LogP contribution is -2.43. The monoisotopic (exact) mass is 573 g/mol. The molecule has 2 amide bonds. The van der Waals surface area contributed by atoms with E-state index in [4.69, 9.17) is 10.3 Å². The van der Waals surface area contributed by atoms with Crippen molar-refractivity contribution >= 4 is 28.5 Å². The molecule has 2 N–H and O–H groups in total. The van der Waals surface area contributed by atoms with Crippen LogP contribution in [0, 0.1) is 11.6 Å². The summed E-state index contributed by atoms with van der Waals surface area (Å²) in [7, 11) is 0. The molecule has 1 saturated carbocycles. The molecule has 0 radical (unpaired) electrons. The van der Waals surface area contributed by atoms with Crippen LogP contribution in [0.3, 0.4) is 0 Å². The first-order valence-electron chi connectivity index (χ1n) is 14.3. The molecule has 2 aromatic heterocycles. The number of anilines is 1. The first kappa shape index (κ1) is 26.4. The topological polar surface area (TPSA) is 131 Å². The number of amides is 2. The number of nitrogens with zero attached hydrogens (tertiary/aromatic N) is 6. The van der Waals surface area contributed by atoms with Crippen molar-refractivity contribution < 1.29 is 22.9 Å². The fourth-order valence-electron chi connectivity index (χ4n) is 6.17. The van der Waals surface area contributed by atoms with Crippen molar-refractivity contribution in [3.63, 3.8) is 0 Å². The highest BCUT2D eigenvalue weighted by Crippen LogP contribution is 2.40. The lowest BCUT2D eigenvalue weighted by molar-refractivity contribution is -0.121. The minimum Gasteiger partial charge on any atom is -0.368 e. The molecule has 0 spiro atoms. The molecular weight excluding hydrogens is 544 g/mol. The van der Waals surface area contributed by atoms with E-state index in [9.17, 15) is 9.59 Å². The van der Waals surface area contributed by atoms with Gasteiger partial charge in [-0.25, -0.2) is 18.7 Å². The van der Waals surface area contributed by atoms with E-state index in [1.54, 1.807) is 6.07 Å². The summed E-state index contributed by atoms with van der Waals surface area (Å²) in [4.78, 5) is 41.7. The predicted octanol–water partition coefficient (Wildman–Crippen LogP) is 4.31. The van der Waals surface area contributed by atoms with E-state index in [-0.39, 0.29) is 11.5 Å². The van der Waals surface area contributed by atoms with E-state index in [0.29, 0.717) is 66.2 Å². The maximum absolute atomic E-state index is 15.3. The van der Waals surface area contributed by atoms with E-state index >= 15 is 8.78 Å². The summed E-state index contributed by atoms with van der Waals surface area (Å²) in [5.41, 5.74) is 6.49. The third kappa shape index (κ3) is 4.74. The molecule has 3 fully saturated rings. The average Bonchev–Trinajstić information content (AvgIpc) is 3.50. The highest BCUT2D eigenvalue weighted by molar-refractivity contribution is 6.01. The zero-order chi connectivity index (χ0) is 29.0. The number of likely N-dealkylation sites (tertiary alicyclic amines) is 1. The van der Waals surface area contributed by atoms with E-state index in [1.165, 1.54) is 35.5 Å². The molecule has 4 aromatic rings. The van der Waals surface area contributed by atoms with Gasteiger partial charge in [-0.1, -0.05) is 11.2 Å². The minimum absolute atomic E-state index is 0.170. The summed E-state index contributed by atoms with van der Waals surface area (Å²) in [6, 6.07) is 6.07. The molecule has 2 aliphatic heterocycles. The Kier molecular flexibility index (Phi) is 6.55. The van der Waals surface area contributed by atoms with Gasteiger partial charge >= 0.3 is 0 Å². The number of carbonyl (C=O) groups is 2. The number of benzene rings is 2. The molecule has 1 aliphatic carbocycles. The number of primary amides is 1. The van der Waals surface area contributed by atoms with Crippen LogP contribution in [-0.2, 0) is 4.79 Å². The predicted molar refractivity (Wildman–Crippen MR) is 149 cm³/mol. The van der Waals surface area contributed by atoms with Crippen LogP contribution < -0.4 is 10.6 Å². The molecule has 2 aromatic carbocycles. The third-order valence-corrected chi connectivity index (χ3v) is 8.58. The highest BCUT2D eigenvalue weighted by atomic mass is 19.1. The zero-order valence-corrected chi connectivity index (χ0v) is 22.8. The minimum atomic E-state index is -0.771. The van der Waals surface area contributed by atoms with Crippen molar-refractivity contribution in [3.05, 3.63) is 65.6 Å². The Labute approximate surface area is 239 Å². The summed E-state index contributed by atoms with van der Waals surface area (Å²) >= 11 is 0. The standard InChI is InChI=1S/C30H29F2N7O3/c31-19-13-21(18-5-6-20(23(32)12-18)30(41)39-9-1-2-24(39)26(33)40)25-22(14-19)28(35-15-34-25)38-10-7-16(8-11-38)27-36-29(42-37-27)17-3-4-17/h5-6,12-17,24H,1-4,7-11H2,(H2,33,40)/t24-/m0/s1. The molecular formula is C30H29F2N7O3. The van der Waals surface area contributed by atoms with E-state index in [1.807, 2.05) is 0 Å². The second-order valence-corrected chi connectivity index (χ2v) is 11.3. The number of halogens is 2. The molecule has 42 heavy (non-hydrogen) atoms. The Balaban J connectivity index is 1.15. The zero-order valence-electron chi connectivity index (χ0n) is 22.8. The summed E-state index contributed by atoms with van der Waals surface area (Å²) in [5.74, 6) is 0.187. The van der Waals surface area contributed by atoms with Gasteiger partial charge in [-0.2, -0.15) is 4.98 Å². The van der Waals surface area contributed by atoms with Crippen LogP contribution in [0.1, 0.15) is 72.4 Å². The Morgan fingerprint density at radius 3 is 2.50 bits per heavy atom. The van der Waals surface area contributed by atoms with Crippen LogP contribution in [0.15, 0.2) is 41.2 Å². The van der Waals surface area contributed by atoms with Crippen LogP contribution >= 0.6 is 0 Å². The first-order chi connectivity index (χ1) is 20.4. The van der Waals surface area contributed by atoms with Gasteiger partial charge in [-0.15, -0.1) is 0 Å². The smallest absolute Gasteiger partial charge is 0.257 e. The fourth-order valence-corrected chi connectivity index (χ4v) is 6.17. The van der Waals surface area contributed by atoms with Gasteiger partial charge in [0.1, 0.15) is 29.8 Å². The fraction of sp³-hybridized carbons (Fsp3) is 0.400. The van der Waals surface area contributed by atoms with E-state index in [2.05, 4.69) is 25.0 Å². The second kappa shape index (κ2) is 10.4. The Morgan fingerprint density at radius 1 is 0.952 bits per heavy atom. The van der Waals surface area contributed by atoms with Gasteiger partial charge in [-0.3, -0.25) is 9.59 Å². The average molecular weight is 574 g/mol. The molecule has 3 aliphatic rings. The number of rotatable bonds is 6. The maximum atomic E-state index is 15.3. The van der Waals surface area contributed by atoms with Crippen molar-refractivity contribution in [2.24, 2.45) is 5.73 Å². The van der Waals surface area contributed by atoms with Crippen LogP contribution in [-0.4, -0.2) is 62.5 Å². The molecule has 216 valence electrons. The number of fused-ring (bicyclic) bond motifs is 1. The highest BCUT2D eigenvalue weighted by Gasteiger charge is 2.35. The number of nitrogens with two attached hydrogens (primary N) is 1. The molecule has 4 heterocycles. The number of carbonyl (C=O) groups excluding carboxylic acids is 2. The van der Waals surface area contributed by atoms with Gasteiger partial charge in [0.2, 0.25) is 11.8 Å². The number of hydrogen-bond donors (Lipinski definition) is 1. The molecule has 0 bridgehead atoms. The van der Waals surface area contributed by atoms with E-state index in [0.717, 1.165) is 37.4 Å². The molecule has 12 heteroatoms. The summed E-state index contributed by atoms with van der Waals surface area (Å²) in [6.45, 7) is 1.67. The van der Waals surface area contributed by atoms with Gasteiger partial charge in [0.15, 0.2) is 5.82 Å². The molecule has 7 rings (SSSR count). The molecule has 10 nitrogen and oxygen atoms in total. The van der Waals surface area contributed by atoms with Crippen molar-refractivity contribution in [3.8, 4) is 11.1 Å². The normalized spacial score (nSPS) is 19.5. The van der Waals surface area contributed by atoms with Crippen molar-refractivity contribution in [2.45, 2.75) is 56.4 Å². The Hall–Kier alpha value is -4.48. The maximum Gasteiger partial charge on any atom is 0.257 e. The lowest BCUT2D eigenvalue weighted by atomic mass is 9.95. The largest absolute Gasteiger partial charge is 0.368 e. The van der Waals surface area contributed by atoms with E-state index < -0.39 is 29.5 Å². The number of aromatic nitrogens is 4. The molecule has 1 atom stereocenters. The van der Waals surface area contributed by atoms with Crippen molar-refractivity contribution in [2.75, 3.05) is 24.5 Å². The molecule has 0 unspecified atom stereocenters. The quantitative estimate of drug-likeness (QED) is 0.361. The lowest BCUT2D eigenvalue weighted by Gasteiger charge is -2.32. The first-order valence-corrected chi connectivity index (χ1v) is 14.3. The van der Waals surface area contributed by atoms with Gasteiger partial charge in [0.25, 0.3) is 5.91 Å². The molecule has 2 saturated heterocycles. The van der Waals surface area contributed by atoms with Crippen LogP contribution in [0.25, 0.3) is 22.0 Å². The Bertz CT molecular complexity index is 1700.